The van der Waals surface area contributed by atoms with Gasteiger partial charge in [-0.25, -0.2) is 4.79 Å². The number of aliphatic hydroxyl groups is 1. The highest BCUT2D eigenvalue weighted by Crippen LogP contribution is 2.15. The molecule has 0 bridgehead atoms. The standard InChI is InChI=1S/C51H82N2O7/c1-3-5-7-9-11-13-14-15-16-17-18-19-20-21-22-23-24-25-26-27-29-35-39-43-50(57)60-46(40-36-32-28-12-10-8-6-4-2)41-37-33-30-31-34-38-42-48(55)52-44-49(56)53-47(45-54)51(58)59/h5-8,11-13,15-16,18-19,21-22,28,36,40,46-47,54H,3-4,9-10,14,17,20,23-27,29-35,37-39,41-45H2,1-2H3,(H,52,55)(H,53,56)(H,58,59)/b7-5-,8-6-,13-11-,16-15-,19-18-,22-21-,28-12-,40-36-. The molecular weight excluding hydrogens is 753 g/mol. The first-order valence-corrected chi connectivity index (χ1v) is 23.1. The number of esters is 1. The Bertz CT molecular complexity index is 1320. The fraction of sp³-hybridized carbons (Fsp3) is 0.608. The van der Waals surface area contributed by atoms with Gasteiger partial charge in [-0.2, -0.15) is 0 Å². The zero-order valence-electron chi connectivity index (χ0n) is 37.4. The van der Waals surface area contributed by atoms with Gasteiger partial charge in [-0.1, -0.05) is 163 Å². The molecule has 0 radical (unpaired) electrons. The van der Waals surface area contributed by atoms with Gasteiger partial charge in [-0.15, -0.1) is 0 Å². The van der Waals surface area contributed by atoms with Gasteiger partial charge in [0, 0.05) is 12.8 Å². The van der Waals surface area contributed by atoms with Crippen LogP contribution in [-0.4, -0.2) is 59.3 Å². The maximum absolute atomic E-state index is 12.8. The molecule has 9 heteroatoms. The minimum atomic E-state index is -1.39. The number of aliphatic hydroxyl groups excluding tert-OH is 1. The molecule has 4 N–H and O–H groups in total. The highest BCUT2D eigenvalue weighted by molar-refractivity contribution is 5.87. The summed E-state index contributed by atoms with van der Waals surface area (Å²) < 4.78 is 5.92. The molecule has 2 amide bonds. The molecular formula is C51H82N2O7. The number of carboxylic acid groups (broad SMARTS) is 1. The van der Waals surface area contributed by atoms with E-state index >= 15 is 0 Å². The minimum Gasteiger partial charge on any atom is -0.480 e. The molecule has 2 unspecified atom stereocenters. The lowest BCUT2D eigenvalue weighted by Crippen LogP contribution is -2.47. The number of unbranched alkanes of at least 4 members (excludes halogenated alkanes) is 12. The van der Waals surface area contributed by atoms with E-state index in [9.17, 15) is 19.2 Å². The molecule has 0 aromatic carbocycles. The minimum absolute atomic E-state index is 0.118. The average molecular weight is 835 g/mol. The van der Waals surface area contributed by atoms with Crippen LogP contribution in [0.1, 0.15) is 174 Å². The van der Waals surface area contributed by atoms with Crippen LogP contribution in [0.25, 0.3) is 0 Å². The Kier molecular flexibility index (Phi) is 41.2. The third-order valence-corrected chi connectivity index (χ3v) is 9.56. The van der Waals surface area contributed by atoms with Crippen LogP contribution in [0.15, 0.2) is 97.2 Å². The van der Waals surface area contributed by atoms with Crippen LogP contribution in [-0.2, 0) is 23.9 Å². The second-order valence-electron chi connectivity index (χ2n) is 15.1. The maximum Gasteiger partial charge on any atom is 0.328 e. The third-order valence-electron chi connectivity index (χ3n) is 9.56. The summed E-state index contributed by atoms with van der Waals surface area (Å²) in [6, 6.07) is -1.39. The van der Waals surface area contributed by atoms with E-state index in [4.69, 9.17) is 14.9 Å². The van der Waals surface area contributed by atoms with Crippen molar-refractivity contribution in [3.05, 3.63) is 97.2 Å². The van der Waals surface area contributed by atoms with Crippen LogP contribution in [0, 0.1) is 0 Å². The van der Waals surface area contributed by atoms with Gasteiger partial charge < -0.3 is 25.6 Å². The first kappa shape index (κ1) is 55.8. The van der Waals surface area contributed by atoms with Gasteiger partial charge in [-0.3, -0.25) is 14.4 Å². The molecule has 0 aromatic rings. The van der Waals surface area contributed by atoms with Crippen LogP contribution >= 0.6 is 0 Å². The molecule has 60 heavy (non-hydrogen) atoms. The molecule has 0 heterocycles. The van der Waals surface area contributed by atoms with Crippen molar-refractivity contribution in [1.82, 2.24) is 10.6 Å². The highest BCUT2D eigenvalue weighted by Gasteiger charge is 2.18. The number of nitrogens with one attached hydrogen (secondary N) is 2. The quantitative estimate of drug-likeness (QED) is 0.0273. The van der Waals surface area contributed by atoms with Crippen molar-refractivity contribution >= 4 is 23.8 Å². The molecule has 0 rings (SSSR count). The lowest BCUT2D eigenvalue weighted by atomic mass is 10.1. The van der Waals surface area contributed by atoms with E-state index in [1.165, 1.54) is 25.7 Å². The lowest BCUT2D eigenvalue weighted by Gasteiger charge is -2.15. The maximum atomic E-state index is 12.8. The Balaban J connectivity index is 4.22. The number of aliphatic carboxylic acids is 1. The number of ether oxygens (including phenoxy) is 1. The van der Waals surface area contributed by atoms with Gasteiger partial charge in [-0.05, 0) is 96.0 Å². The van der Waals surface area contributed by atoms with E-state index in [1.54, 1.807) is 0 Å². The molecule has 0 spiro atoms. The number of rotatable bonds is 40. The van der Waals surface area contributed by atoms with Crippen molar-refractivity contribution in [2.75, 3.05) is 13.2 Å². The lowest BCUT2D eigenvalue weighted by molar-refractivity contribution is -0.147. The molecule has 0 saturated carbocycles. The van der Waals surface area contributed by atoms with Crippen LogP contribution in [0.5, 0.6) is 0 Å². The Hall–Kier alpha value is -4.24. The largest absolute Gasteiger partial charge is 0.480 e. The highest BCUT2D eigenvalue weighted by atomic mass is 16.5. The number of amides is 2. The molecule has 0 fully saturated rings. The topological polar surface area (TPSA) is 142 Å². The second kappa shape index (κ2) is 44.3. The molecule has 0 aliphatic carbocycles. The number of hydrogen-bond donors (Lipinski definition) is 4. The first-order chi connectivity index (χ1) is 29.3. The summed E-state index contributed by atoms with van der Waals surface area (Å²) in [4.78, 5) is 47.5. The van der Waals surface area contributed by atoms with Crippen LogP contribution < -0.4 is 10.6 Å². The van der Waals surface area contributed by atoms with Crippen molar-refractivity contribution in [3.8, 4) is 0 Å². The summed E-state index contributed by atoms with van der Waals surface area (Å²) in [6.45, 7) is 3.23. The summed E-state index contributed by atoms with van der Waals surface area (Å²) >= 11 is 0. The molecule has 0 aliphatic rings. The number of carbonyl (C=O) groups is 4. The second-order valence-corrected chi connectivity index (χ2v) is 15.1. The Morgan fingerprint density at radius 2 is 0.950 bits per heavy atom. The fourth-order valence-electron chi connectivity index (χ4n) is 6.09. The van der Waals surface area contributed by atoms with Crippen molar-refractivity contribution in [3.63, 3.8) is 0 Å². The Morgan fingerprint density at radius 1 is 0.517 bits per heavy atom. The first-order valence-electron chi connectivity index (χ1n) is 23.1. The van der Waals surface area contributed by atoms with E-state index in [-0.39, 0.29) is 30.9 Å². The summed E-state index contributed by atoms with van der Waals surface area (Å²) in [7, 11) is 0. The van der Waals surface area contributed by atoms with Gasteiger partial charge >= 0.3 is 11.9 Å². The van der Waals surface area contributed by atoms with Crippen LogP contribution in [0.3, 0.4) is 0 Å². The van der Waals surface area contributed by atoms with E-state index in [0.29, 0.717) is 12.8 Å². The van der Waals surface area contributed by atoms with Crippen molar-refractivity contribution in [1.29, 1.82) is 0 Å². The van der Waals surface area contributed by atoms with Crippen molar-refractivity contribution < 1.29 is 34.1 Å². The summed E-state index contributed by atoms with van der Waals surface area (Å²) in [5.74, 6) is -2.39. The van der Waals surface area contributed by atoms with Gasteiger partial charge in [0.1, 0.15) is 12.1 Å². The summed E-state index contributed by atoms with van der Waals surface area (Å²) in [5, 5.41) is 22.5. The Labute approximate surface area is 364 Å². The molecule has 0 saturated heterocycles. The zero-order valence-corrected chi connectivity index (χ0v) is 37.4. The number of carboxylic acids is 1. The van der Waals surface area contributed by atoms with E-state index in [1.807, 2.05) is 6.08 Å². The molecule has 338 valence electrons. The summed E-state index contributed by atoms with van der Waals surface area (Å²) in [6.07, 6.45) is 59.0. The Morgan fingerprint density at radius 3 is 1.45 bits per heavy atom. The zero-order chi connectivity index (χ0) is 44.0. The third kappa shape index (κ3) is 40.5. The monoisotopic (exact) mass is 835 g/mol. The predicted molar refractivity (Wildman–Crippen MR) is 249 cm³/mol. The molecule has 9 nitrogen and oxygen atoms in total. The number of hydrogen-bond acceptors (Lipinski definition) is 6. The SMILES string of the molecule is CC/C=C\C/C=C\C/C=C\C/C=C\C/C=C\CCCCCCCCCC(=O)OC(/C=C\C/C=C\C/C=C\CC)CCCCCCCCC(=O)NCC(=O)NC(CO)C(=O)O. The van der Waals surface area contributed by atoms with Gasteiger partial charge in [0.2, 0.25) is 11.8 Å². The molecule has 0 aliphatic heterocycles. The fourth-order valence-corrected chi connectivity index (χ4v) is 6.09. The summed E-state index contributed by atoms with van der Waals surface area (Å²) in [5.41, 5.74) is 0. The number of allylic oxidation sites excluding steroid dienone is 15. The van der Waals surface area contributed by atoms with Gasteiger partial charge in [0.25, 0.3) is 0 Å². The predicted octanol–water partition coefficient (Wildman–Crippen LogP) is 11.8. The van der Waals surface area contributed by atoms with Crippen molar-refractivity contribution in [2.45, 2.75) is 187 Å². The van der Waals surface area contributed by atoms with Gasteiger partial charge in [0.15, 0.2) is 0 Å². The van der Waals surface area contributed by atoms with Gasteiger partial charge in [0.05, 0.1) is 13.2 Å². The van der Waals surface area contributed by atoms with Crippen LogP contribution in [0.4, 0.5) is 0 Å². The number of carbonyl (C=O) groups excluding carboxylic acids is 3. The van der Waals surface area contributed by atoms with E-state index in [0.717, 1.165) is 116 Å². The normalized spacial score (nSPS) is 13.4. The average Bonchev–Trinajstić information content (AvgIpc) is 3.23. The smallest absolute Gasteiger partial charge is 0.328 e. The van der Waals surface area contributed by atoms with Crippen molar-refractivity contribution in [2.24, 2.45) is 0 Å². The van der Waals surface area contributed by atoms with E-state index < -0.39 is 24.5 Å². The molecule has 0 aromatic heterocycles. The van der Waals surface area contributed by atoms with E-state index in [2.05, 4.69) is 116 Å². The molecule has 2 atom stereocenters. The van der Waals surface area contributed by atoms with Crippen LogP contribution in [0.2, 0.25) is 0 Å².